The van der Waals surface area contributed by atoms with Gasteiger partial charge in [-0.3, -0.25) is 4.79 Å². The van der Waals surface area contributed by atoms with Crippen LogP contribution < -0.4 is 0 Å². The summed E-state index contributed by atoms with van der Waals surface area (Å²) in [5, 5.41) is 8.74. The molecule has 1 aliphatic heterocycles. The van der Waals surface area contributed by atoms with Crippen molar-refractivity contribution in [2.45, 2.75) is 38.0 Å². The van der Waals surface area contributed by atoms with Crippen molar-refractivity contribution in [2.75, 3.05) is 19.6 Å². The fourth-order valence-electron chi connectivity index (χ4n) is 3.62. The molecule has 1 aromatic carbocycles. The van der Waals surface area contributed by atoms with Crippen molar-refractivity contribution in [2.24, 2.45) is 5.92 Å². The lowest BCUT2D eigenvalue weighted by molar-refractivity contribution is -0.137. The molecule has 1 N–H and O–H groups in total. The molecule has 3 nitrogen and oxygen atoms in total. The van der Waals surface area contributed by atoms with Crippen molar-refractivity contribution >= 4 is 5.97 Å². The Morgan fingerprint density at radius 3 is 2.70 bits per heavy atom. The molecule has 1 fully saturated rings. The second-order valence-corrected chi connectivity index (χ2v) is 6.28. The number of nitrogens with zero attached hydrogens (tertiary/aromatic N) is 1. The van der Waals surface area contributed by atoms with Crippen LogP contribution in [0.2, 0.25) is 0 Å². The van der Waals surface area contributed by atoms with E-state index in [0.29, 0.717) is 12.3 Å². The van der Waals surface area contributed by atoms with Gasteiger partial charge in [0.1, 0.15) is 0 Å². The zero-order valence-corrected chi connectivity index (χ0v) is 11.9. The van der Waals surface area contributed by atoms with Gasteiger partial charge in [-0.15, -0.1) is 0 Å². The first-order chi connectivity index (χ1) is 9.72. The number of piperidine rings is 1. The van der Waals surface area contributed by atoms with E-state index in [2.05, 4.69) is 29.2 Å². The lowest BCUT2D eigenvalue weighted by atomic mass is 9.77. The Morgan fingerprint density at radius 1 is 1.25 bits per heavy atom. The highest BCUT2D eigenvalue weighted by Gasteiger charge is 2.28. The third-order valence-corrected chi connectivity index (χ3v) is 4.91. The van der Waals surface area contributed by atoms with Gasteiger partial charge < -0.3 is 10.0 Å². The number of hydrogen-bond acceptors (Lipinski definition) is 2. The van der Waals surface area contributed by atoms with Crippen LogP contribution in [0, 0.1) is 5.92 Å². The van der Waals surface area contributed by atoms with Gasteiger partial charge in [-0.2, -0.15) is 0 Å². The minimum atomic E-state index is -0.654. The normalized spacial score (nSPS) is 23.1. The fraction of sp³-hybridized carbons (Fsp3) is 0.588. The molecular formula is C17H23NO2. The quantitative estimate of drug-likeness (QED) is 0.896. The van der Waals surface area contributed by atoms with Crippen molar-refractivity contribution in [1.82, 2.24) is 4.90 Å². The van der Waals surface area contributed by atoms with E-state index < -0.39 is 5.97 Å². The molecular weight excluding hydrogens is 250 g/mol. The van der Waals surface area contributed by atoms with Crippen molar-refractivity contribution in [3.05, 3.63) is 35.4 Å². The van der Waals surface area contributed by atoms with Crippen LogP contribution in [0.3, 0.4) is 0 Å². The van der Waals surface area contributed by atoms with E-state index in [0.717, 1.165) is 25.4 Å². The SMILES string of the molecule is O=C(O)CCC1CCN(CC2Cc3ccccc32)CC1. The highest BCUT2D eigenvalue weighted by Crippen LogP contribution is 2.36. The zero-order chi connectivity index (χ0) is 13.9. The van der Waals surface area contributed by atoms with E-state index in [1.54, 1.807) is 5.56 Å². The predicted octanol–water partition coefficient (Wildman–Crippen LogP) is 2.90. The third-order valence-electron chi connectivity index (χ3n) is 4.91. The number of carboxylic acids is 1. The number of likely N-dealkylation sites (tertiary alicyclic amines) is 1. The molecule has 0 spiro atoms. The van der Waals surface area contributed by atoms with Gasteiger partial charge in [0.05, 0.1) is 0 Å². The van der Waals surface area contributed by atoms with Crippen LogP contribution in [0.1, 0.15) is 42.7 Å². The van der Waals surface area contributed by atoms with E-state index in [4.69, 9.17) is 5.11 Å². The summed E-state index contributed by atoms with van der Waals surface area (Å²) < 4.78 is 0. The number of benzene rings is 1. The number of rotatable bonds is 5. The number of aliphatic carboxylic acids is 1. The van der Waals surface area contributed by atoms with Crippen LogP contribution in [0.4, 0.5) is 0 Å². The minimum Gasteiger partial charge on any atom is -0.481 e. The topological polar surface area (TPSA) is 40.5 Å². The molecule has 3 heteroatoms. The van der Waals surface area contributed by atoms with Gasteiger partial charge in [0.15, 0.2) is 0 Å². The fourth-order valence-corrected chi connectivity index (χ4v) is 3.62. The van der Waals surface area contributed by atoms with Gasteiger partial charge >= 0.3 is 5.97 Å². The molecule has 3 rings (SSSR count). The molecule has 0 bridgehead atoms. The summed E-state index contributed by atoms with van der Waals surface area (Å²) in [6, 6.07) is 8.78. The molecule has 108 valence electrons. The zero-order valence-electron chi connectivity index (χ0n) is 11.9. The van der Waals surface area contributed by atoms with Crippen LogP contribution >= 0.6 is 0 Å². The Balaban J connectivity index is 1.43. The molecule has 2 aliphatic rings. The van der Waals surface area contributed by atoms with Crippen LogP contribution in [0.15, 0.2) is 24.3 Å². The maximum absolute atomic E-state index is 10.6. The first kappa shape index (κ1) is 13.6. The summed E-state index contributed by atoms with van der Waals surface area (Å²) >= 11 is 0. The number of carboxylic acid groups (broad SMARTS) is 1. The number of hydrogen-bond donors (Lipinski definition) is 1. The molecule has 0 saturated carbocycles. The summed E-state index contributed by atoms with van der Waals surface area (Å²) in [4.78, 5) is 13.2. The second kappa shape index (κ2) is 5.96. The summed E-state index contributed by atoms with van der Waals surface area (Å²) in [5.41, 5.74) is 3.06. The Hall–Kier alpha value is -1.35. The van der Waals surface area contributed by atoms with Gasteiger partial charge in [-0.25, -0.2) is 0 Å². The molecule has 20 heavy (non-hydrogen) atoms. The molecule has 0 aromatic heterocycles. The minimum absolute atomic E-state index is 0.334. The van der Waals surface area contributed by atoms with E-state index in [-0.39, 0.29) is 0 Å². The Bertz CT molecular complexity index is 478. The van der Waals surface area contributed by atoms with Gasteiger partial charge in [0, 0.05) is 18.9 Å². The third kappa shape index (κ3) is 3.04. The van der Waals surface area contributed by atoms with Crippen molar-refractivity contribution in [1.29, 1.82) is 0 Å². The van der Waals surface area contributed by atoms with Crippen molar-refractivity contribution in [3.63, 3.8) is 0 Å². The lowest BCUT2D eigenvalue weighted by Gasteiger charge is -2.38. The molecule has 1 aromatic rings. The Labute approximate surface area is 120 Å². The molecule has 1 aliphatic carbocycles. The maximum atomic E-state index is 10.6. The second-order valence-electron chi connectivity index (χ2n) is 6.28. The average Bonchev–Trinajstić information content (AvgIpc) is 2.44. The summed E-state index contributed by atoms with van der Waals surface area (Å²) in [6.07, 6.45) is 4.76. The molecule has 0 radical (unpaired) electrons. The number of carbonyl (C=O) groups is 1. The monoisotopic (exact) mass is 273 g/mol. The highest BCUT2D eigenvalue weighted by molar-refractivity contribution is 5.66. The number of fused-ring (bicyclic) bond motifs is 1. The molecule has 0 amide bonds. The first-order valence-electron chi connectivity index (χ1n) is 7.74. The van der Waals surface area contributed by atoms with Crippen molar-refractivity contribution < 1.29 is 9.90 Å². The summed E-state index contributed by atoms with van der Waals surface area (Å²) in [6.45, 7) is 3.47. The average molecular weight is 273 g/mol. The lowest BCUT2D eigenvalue weighted by Crippen LogP contribution is -2.39. The Kier molecular flexibility index (Phi) is 4.06. The van der Waals surface area contributed by atoms with Crippen LogP contribution in [-0.4, -0.2) is 35.6 Å². The largest absolute Gasteiger partial charge is 0.481 e. The van der Waals surface area contributed by atoms with Gasteiger partial charge in [-0.05, 0) is 55.8 Å². The Morgan fingerprint density at radius 2 is 2.00 bits per heavy atom. The molecule has 1 heterocycles. The van der Waals surface area contributed by atoms with E-state index in [1.165, 1.54) is 31.4 Å². The predicted molar refractivity (Wildman–Crippen MR) is 78.9 cm³/mol. The van der Waals surface area contributed by atoms with E-state index in [9.17, 15) is 4.79 Å². The first-order valence-corrected chi connectivity index (χ1v) is 7.74. The summed E-state index contributed by atoms with van der Waals surface area (Å²) in [7, 11) is 0. The molecule has 1 unspecified atom stereocenters. The highest BCUT2D eigenvalue weighted by atomic mass is 16.4. The van der Waals surface area contributed by atoms with E-state index >= 15 is 0 Å². The van der Waals surface area contributed by atoms with Gasteiger partial charge in [-0.1, -0.05) is 24.3 Å². The molecule has 1 atom stereocenters. The van der Waals surface area contributed by atoms with Crippen LogP contribution in [0.25, 0.3) is 0 Å². The van der Waals surface area contributed by atoms with Crippen molar-refractivity contribution in [3.8, 4) is 0 Å². The smallest absolute Gasteiger partial charge is 0.303 e. The van der Waals surface area contributed by atoms with Gasteiger partial charge in [0.25, 0.3) is 0 Å². The molecule has 1 saturated heterocycles. The standard InChI is InChI=1S/C17H23NO2/c19-17(20)6-5-13-7-9-18(10-8-13)12-15-11-14-3-1-2-4-16(14)15/h1-4,13,15H,5-12H2,(H,19,20). The van der Waals surface area contributed by atoms with Gasteiger partial charge in [0.2, 0.25) is 0 Å². The maximum Gasteiger partial charge on any atom is 0.303 e. The van der Waals surface area contributed by atoms with E-state index in [1.807, 2.05) is 0 Å². The van der Waals surface area contributed by atoms with Crippen LogP contribution in [-0.2, 0) is 11.2 Å². The summed E-state index contributed by atoms with van der Waals surface area (Å²) in [5.74, 6) is 0.691. The van der Waals surface area contributed by atoms with Crippen LogP contribution in [0.5, 0.6) is 0 Å².